The van der Waals surface area contributed by atoms with Crippen molar-refractivity contribution >= 4 is 0 Å². The van der Waals surface area contributed by atoms with Crippen molar-refractivity contribution in [2.75, 3.05) is 19.7 Å². The number of rotatable bonds is 6. The number of aryl methyl sites for hydroxylation is 1. The molecule has 1 atom stereocenters. The van der Waals surface area contributed by atoms with E-state index in [-0.39, 0.29) is 6.61 Å². The molecule has 1 aromatic rings. The Balaban J connectivity index is 2.05. The highest BCUT2D eigenvalue weighted by atomic mass is 16.3. The topological polar surface area (TPSA) is 47.3 Å². The van der Waals surface area contributed by atoms with E-state index >= 15 is 0 Å². The van der Waals surface area contributed by atoms with Crippen LogP contribution in [0.5, 0.6) is 0 Å². The lowest BCUT2D eigenvalue weighted by molar-refractivity contribution is 0.149. The molecule has 1 unspecified atom stereocenters. The molecule has 0 aliphatic heterocycles. The number of nitrogens with zero attached hydrogens (tertiary/aromatic N) is 2. The highest BCUT2D eigenvalue weighted by Gasteiger charge is 2.26. The standard InChI is InChI=1S/C15H20N2O/c16-9-3-4-10-17(11-12-18)15-8-7-13-5-1-2-6-14(13)15/h1-2,5-6,15,18H,3-4,7-8,10-12H2. The molecule has 0 saturated heterocycles. The molecule has 18 heavy (non-hydrogen) atoms. The Hall–Kier alpha value is -1.37. The Labute approximate surface area is 109 Å². The first-order valence-corrected chi connectivity index (χ1v) is 6.66. The van der Waals surface area contributed by atoms with Gasteiger partial charge in [0, 0.05) is 19.0 Å². The summed E-state index contributed by atoms with van der Waals surface area (Å²) in [5.41, 5.74) is 2.84. The first-order chi connectivity index (χ1) is 8.86. The van der Waals surface area contributed by atoms with E-state index in [1.807, 2.05) is 0 Å². The van der Waals surface area contributed by atoms with Crippen LogP contribution in [0.2, 0.25) is 0 Å². The highest BCUT2D eigenvalue weighted by Crippen LogP contribution is 2.35. The molecular formula is C15H20N2O. The summed E-state index contributed by atoms with van der Waals surface area (Å²) in [5, 5.41) is 17.8. The predicted octanol–water partition coefficient (Wildman–Crippen LogP) is 2.27. The van der Waals surface area contributed by atoms with Crippen molar-refractivity contribution in [2.45, 2.75) is 31.7 Å². The number of fused-ring (bicyclic) bond motifs is 1. The lowest BCUT2D eigenvalue weighted by Crippen LogP contribution is -2.31. The van der Waals surface area contributed by atoms with Crippen LogP contribution in [0.25, 0.3) is 0 Å². The van der Waals surface area contributed by atoms with Gasteiger partial charge in [-0.2, -0.15) is 5.26 Å². The maximum absolute atomic E-state index is 9.19. The fraction of sp³-hybridized carbons (Fsp3) is 0.533. The third-order valence-corrected chi connectivity index (χ3v) is 3.66. The summed E-state index contributed by atoms with van der Waals surface area (Å²) in [6.07, 6.45) is 3.73. The summed E-state index contributed by atoms with van der Waals surface area (Å²) in [7, 11) is 0. The van der Waals surface area contributed by atoms with Crippen LogP contribution in [0, 0.1) is 11.3 Å². The van der Waals surface area contributed by atoms with Crippen LogP contribution < -0.4 is 0 Å². The molecule has 0 fully saturated rings. The van der Waals surface area contributed by atoms with Crippen LogP contribution in [0.4, 0.5) is 0 Å². The molecule has 1 aliphatic carbocycles. The van der Waals surface area contributed by atoms with Gasteiger partial charge in [0.1, 0.15) is 0 Å². The second kappa shape index (κ2) is 6.53. The van der Waals surface area contributed by atoms with E-state index in [2.05, 4.69) is 35.2 Å². The molecule has 0 heterocycles. The molecule has 0 amide bonds. The second-order valence-corrected chi connectivity index (χ2v) is 4.77. The first kappa shape index (κ1) is 13.1. The fourth-order valence-electron chi connectivity index (χ4n) is 2.83. The van der Waals surface area contributed by atoms with E-state index in [0.29, 0.717) is 19.0 Å². The van der Waals surface area contributed by atoms with Gasteiger partial charge >= 0.3 is 0 Å². The van der Waals surface area contributed by atoms with Gasteiger partial charge in [-0.25, -0.2) is 0 Å². The van der Waals surface area contributed by atoms with Crippen molar-refractivity contribution in [1.82, 2.24) is 4.90 Å². The van der Waals surface area contributed by atoms with Crippen LogP contribution in [0.15, 0.2) is 24.3 Å². The lowest BCUT2D eigenvalue weighted by Gasteiger charge is -2.28. The molecule has 0 saturated carbocycles. The van der Waals surface area contributed by atoms with Crippen LogP contribution in [-0.2, 0) is 6.42 Å². The largest absolute Gasteiger partial charge is 0.395 e. The van der Waals surface area contributed by atoms with Crippen molar-refractivity contribution in [3.63, 3.8) is 0 Å². The van der Waals surface area contributed by atoms with Gasteiger partial charge in [-0.3, -0.25) is 4.90 Å². The Morgan fingerprint density at radius 1 is 1.33 bits per heavy atom. The summed E-state index contributed by atoms with van der Waals surface area (Å²) in [6.45, 7) is 1.78. The molecule has 1 N–H and O–H groups in total. The fourth-order valence-corrected chi connectivity index (χ4v) is 2.83. The maximum atomic E-state index is 9.19. The van der Waals surface area contributed by atoms with Gasteiger partial charge in [0.05, 0.1) is 12.7 Å². The summed E-state index contributed by atoms with van der Waals surface area (Å²) in [5.74, 6) is 0. The minimum atomic E-state index is 0.186. The van der Waals surface area contributed by atoms with Crippen molar-refractivity contribution in [2.24, 2.45) is 0 Å². The molecule has 3 heteroatoms. The number of nitriles is 1. The van der Waals surface area contributed by atoms with Crippen molar-refractivity contribution in [1.29, 1.82) is 5.26 Å². The van der Waals surface area contributed by atoms with Crippen LogP contribution >= 0.6 is 0 Å². The van der Waals surface area contributed by atoms with Crippen molar-refractivity contribution in [3.8, 4) is 6.07 Å². The minimum absolute atomic E-state index is 0.186. The Morgan fingerprint density at radius 2 is 2.17 bits per heavy atom. The molecule has 96 valence electrons. The van der Waals surface area contributed by atoms with Gasteiger partial charge in [0.15, 0.2) is 0 Å². The summed E-state index contributed by atoms with van der Waals surface area (Å²) < 4.78 is 0. The summed E-state index contributed by atoms with van der Waals surface area (Å²) in [6, 6.07) is 11.2. The number of hydrogen-bond acceptors (Lipinski definition) is 3. The van der Waals surface area contributed by atoms with Gasteiger partial charge < -0.3 is 5.11 Å². The minimum Gasteiger partial charge on any atom is -0.395 e. The van der Waals surface area contributed by atoms with E-state index in [0.717, 1.165) is 25.8 Å². The van der Waals surface area contributed by atoms with E-state index < -0.39 is 0 Å². The van der Waals surface area contributed by atoms with Gasteiger partial charge in [-0.1, -0.05) is 24.3 Å². The molecule has 0 radical (unpaired) electrons. The van der Waals surface area contributed by atoms with Crippen LogP contribution in [0.1, 0.15) is 36.4 Å². The first-order valence-electron chi connectivity index (χ1n) is 6.66. The molecule has 0 aromatic heterocycles. The monoisotopic (exact) mass is 244 g/mol. The molecule has 3 nitrogen and oxygen atoms in total. The number of aliphatic hydroxyl groups excluding tert-OH is 1. The summed E-state index contributed by atoms with van der Waals surface area (Å²) >= 11 is 0. The zero-order chi connectivity index (χ0) is 12.8. The molecular weight excluding hydrogens is 224 g/mol. The number of hydrogen-bond donors (Lipinski definition) is 1. The Kier molecular flexibility index (Phi) is 4.74. The van der Waals surface area contributed by atoms with Gasteiger partial charge in [-0.05, 0) is 36.9 Å². The smallest absolute Gasteiger partial charge is 0.0622 e. The average molecular weight is 244 g/mol. The Bertz CT molecular complexity index is 425. The average Bonchev–Trinajstić information content (AvgIpc) is 2.82. The van der Waals surface area contributed by atoms with E-state index in [1.54, 1.807) is 0 Å². The van der Waals surface area contributed by atoms with Crippen molar-refractivity contribution in [3.05, 3.63) is 35.4 Å². The molecule has 1 aromatic carbocycles. The van der Waals surface area contributed by atoms with Crippen LogP contribution in [0.3, 0.4) is 0 Å². The molecule has 2 rings (SSSR count). The lowest BCUT2D eigenvalue weighted by atomic mass is 10.1. The van der Waals surface area contributed by atoms with Crippen molar-refractivity contribution < 1.29 is 5.11 Å². The van der Waals surface area contributed by atoms with Gasteiger partial charge in [0.25, 0.3) is 0 Å². The van der Waals surface area contributed by atoms with Gasteiger partial charge in [0.2, 0.25) is 0 Å². The quantitative estimate of drug-likeness (QED) is 0.781. The molecule has 1 aliphatic rings. The predicted molar refractivity (Wildman–Crippen MR) is 71.0 cm³/mol. The van der Waals surface area contributed by atoms with E-state index in [4.69, 9.17) is 5.26 Å². The zero-order valence-corrected chi connectivity index (χ0v) is 10.7. The van der Waals surface area contributed by atoms with E-state index in [1.165, 1.54) is 11.1 Å². The summed E-state index contributed by atoms with van der Waals surface area (Å²) in [4.78, 5) is 2.32. The third-order valence-electron chi connectivity index (χ3n) is 3.66. The zero-order valence-electron chi connectivity index (χ0n) is 10.7. The van der Waals surface area contributed by atoms with E-state index in [9.17, 15) is 5.11 Å². The normalized spacial score (nSPS) is 17.7. The van der Waals surface area contributed by atoms with Gasteiger partial charge in [-0.15, -0.1) is 0 Å². The third kappa shape index (κ3) is 2.90. The van der Waals surface area contributed by atoms with Crippen LogP contribution in [-0.4, -0.2) is 29.7 Å². The highest BCUT2D eigenvalue weighted by molar-refractivity contribution is 5.34. The second-order valence-electron chi connectivity index (χ2n) is 4.77. The Morgan fingerprint density at radius 3 is 2.94 bits per heavy atom. The maximum Gasteiger partial charge on any atom is 0.0622 e. The molecule has 0 bridgehead atoms. The number of benzene rings is 1. The number of unbranched alkanes of at least 4 members (excludes halogenated alkanes) is 1. The number of aliphatic hydroxyl groups is 1. The molecule has 0 spiro atoms. The SMILES string of the molecule is N#CCCCN(CCO)C1CCc2ccccc21.